The van der Waals surface area contributed by atoms with Gasteiger partial charge < -0.3 is 24.6 Å². The average Bonchev–Trinajstić information content (AvgIpc) is 3.06. The molecule has 6 atom stereocenters. The van der Waals surface area contributed by atoms with Crippen LogP contribution in [0.3, 0.4) is 0 Å². The Labute approximate surface area is 171 Å². The highest BCUT2D eigenvalue weighted by atomic mass is 16.5. The van der Waals surface area contributed by atoms with Crippen LogP contribution in [0.4, 0.5) is 0 Å². The normalized spacial score (nSPS) is 38.2. The largest absolute Gasteiger partial charge is 0.504 e. The molecule has 3 N–H and O–H groups in total. The molecule has 5 rings (SSSR count). The lowest BCUT2D eigenvalue weighted by molar-refractivity contribution is -0.204. The molecule has 1 saturated heterocycles. The van der Waals surface area contributed by atoms with E-state index in [9.17, 15) is 15.0 Å². The van der Waals surface area contributed by atoms with Crippen LogP contribution < -0.4 is 10.1 Å². The van der Waals surface area contributed by atoms with Gasteiger partial charge in [-0.15, -0.1) is 0 Å². The number of likely N-dealkylation sites (N-methyl/N-ethyl adjacent to an activating group) is 1. The van der Waals surface area contributed by atoms with Crippen molar-refractivity contribution in [3.63, 3.8) is 0 Å². The van der Waals surface area contributed by atoms with Crippen LogP contribution in [-0.2, 0) is 21.4 Å². The second-order valence-corrected chi connectivity index (χ2v) is 9.11. The zero-order valence-electron chi connectivity index (χ0n) is 17.3. The van der Waals surface area contributed by atoms with Gasteiger partial charge in [-0.25, -0.2) is 0 Å². The molecule has 2 heterocycles. The number of carboxylic acid groups (broad SMARTS) is 1. The first-order chi connectivity index (χ1) is 13.9. The lowest BCUT2D eigenvalue weighted by Crippen LogP contribution is -2.78. The van der Waals surface area contributed by atoms with Gasteiger partial charge in [0.2, 0.25) is 0 Å². The molecule has 0 aromatic heterocycles. The number of rotatable bonds is 5. The molecule has 0 radical (unpaired) electrons. The number of phenols is 1. The summed E-state index contributed by atoms with van der Waals surface area (Å²) in [5, 5.41) is 23.6. The van der Waals surface area contributed by atoms with Crippen molar-refractivity contribution in [3.8, 4) is 11.5 Å². The van der Waals surface area contributed by atoms with Crippen LogP contribution in [0.25, 0.3) is 0 Å². The summed E-state index contributed by atoms with van der Waals surface area (Å²) < 4.78 is 12.9. The number of hydrogen-bond donors (Lipinski definition) is 3. The van der Waals surface area contributed by atoms with E-state index >= 15 is 0 Å². The van der Waals surface area contributed by atoms with E-state index in [0.717, 1.165) is 37.8 Å². The van der Waals surface area contributed by atoms with E-state index in [0.29, 0.717) is 12.2 Å². The zero-order valence-corrected chi connectivity index (χ0v) is 17.3. The number of benzene rings is 1. The lowest BCUT2D eigenvalue weighted by Gasteiger charge is -2.65. The summed E-state index contributed by atoms with van der Waals surface area (Å²) in [6.07, 6.45) is 3.59. The summed E-state index contributed by atoms with van der Waals surface area (Å²) in [4.78, 5) is 14.1. The van der Waals surface area contributed by atoms with E-state index in [1.54, 1.807) is 13.2 Å². The van der Waals surface area contributed by atoms with Crippen LogP contribution in [0.15, 0.2) is 12.1 Å². The SMILES string of the molecule is CC[C@H](N[C@@H]1CC[C@@]2(OC)[C@H]3Cc4ccc(O)c5c4[C@@]2(CCN3C)[C@H]1O5)C(=O)O. The summed E-state index contributed by atoms with van der Waals surface area (Å²) in [6.45, 7) is 2.81. The Morgan fingerprint density at radius 2 is 2.24 bits per heavy atom. The van der Waals surface area contributed by atoms with E-state index in [-0.39, 0.29) is 29.4 Å². The van der Waals surface area contributed by atoms with E-state index in [2.05, 4.69) is 17.3 Å². The van der Waals surface area contributed by atoms with Crippen molar-refractivity contribution in [1.29, 1.82) is 0 Å². The lowest BCUT2D eigenvalue weighted by atomic mass is 9.48. The number of hydrogen-bond acceptors (Lipinski definition) is 6. The fourth-order valence-corrected chi connectivity index (χ4v) is 6.93. The molecule has 2 aliphatic carbocycles. The second kappa shape index (κ2) is 6.33. The van der Waals surface area contributed by atoms with Gasteiger partial charge in [-0.3, -0.25) is 10.1 Å². The third-order valence-electron chi connectivity index (χ3n) is 8.18. The number of piperidine rings is 1. The Balaban J connectivity index is 1.68. The third kappa shape index (κ3) is 2.21. The Hall–Kier alpha value is -1.83. The van der Waals surface area contributed by atoms with Crippen molar-refractivity contribution in [1.82, 2.24) is 10.2 Å². The van der Waals surface area contributed by atoms with E-state index in [4.69, 9.17) is 9.47 Å². The molecule has 2 aliphatic heterocycles. The van der Waals surface area contributed by atoms with Crippen LogP contribution in [-0.4, -0.2) is 71.6 Å². The highest BCUT2D eigenvalue weighted by molar-refractivity contribution is 5.73. The van der Waals surface area contributed by atoms with Gasteiger partial charge in [-0.2, -0.15) is 0 Å². The predicted molar refractivity (Wildman–Crippen MR) is 107 cm³/mol. The quantitative estimate of drug-likeness (QED) is 0.690. The molecule has 0 unspecified atom stereocenters. The number of aromatic hydroxyl groups is 1. The van der Waals surface area contributed by atoms with Crippen molar-refractivity contribution in [2.24, 2.45) is 0 Å². The number of phenolic OH excluding ortho intramolecular Hbond substituents is 1. The number of methoxy groups -OCH3 is 1. The van der Waals surface area contributed by atoms with E-state index in [1.807, 2.05) is 13.0 Å². The second-order valence-electron chi connectivity index (χ2n) is 9.11. The maximum absolute atomic E-state index is 11.7. The van der Waals surface area contributed by atoms with Gasteiger partial charge in [-0.05, 0) is 57.3 Å². The van der Waals surface area contributed by atoms with Gasteiger partial charge in [0.1, 0.15) is 12.1 Å². The summed E-state index contributed by atoms with van der Waals surface area (Å²) >= 11 is 0. The third-order valence-corrected chi connectivity index (χ3v) is 8.18. The molecule has 1 aromatic rings. The number of nitrogens with zero attached hydrogens (tertiary/aromatic N) is 1. The van der Waals surface area contributed by atoms with Crippen molar-refractivity contribution >= 4 is 5.97 Å². The van der Waals surface area contributed by atoms with Gasteiger partial charge in [0, 0.05) is 24.8 Å². The van der Waals surface area contributed by atoms with Gasteiger partial charge in [0.05, 0.1) is 11.0 Å². The number of aliphatic carboxylic acids is 1. The molecule has 2 fully saturated rings. The monoisotopic (exact) mass is 402 g/mol. The van der Waals surface area contributed by atoms with E-state index in [1.165, 1.54) is 5.56 Å². The molecule has 29 heavy (non-hydrogen) atoms. The summed E-state index contributed by atoms with van der Waals surface area (Å²) in [6, 6.07) is 3.26. The van der Waals surface area contributed by atoms with Gasteiger partial charge in [-0.1, -0.05) is 13.0 Å². The highest BCUT2D eigenvalue weighted by Gasteiger charge is 2.73. The first-order valence-electron chi connectivity index (χ1n) is 10.7. The van der Waals surface area contributed by atoms with Crippen LogP contribution in [0, 0.1) is 0 Å². The molecule has 1 spiro atoms. The van der Waals surface area contributed by atoms with Crippen LogP contribution in [0.5, 0.6) is 11.5 Å². The smallest absolute Gasteiger partial charge is 0.320 e. The fraction of sp³-hybridized carbons (Fsp3) is 0.682. The molecule has 1 saturated carbocycles. The van der Waals surface area contributed by atoms with Gasteiger partial charge >= 0.3 is 5.97 Å². The Bertz CT molecular complexity index is 860. The topological polar surface area (TPSA) is 91.3 Å². The van der Waals surface area contributed by atoms with Crippen molar-refractivity contribution in [2.45, 2.75) is 74.3 Å². The molecular weight excluding hydrogens is 372 g/mol. The number of ether oxygens (including phenoxy) is 2. The van der Waals surface area contributed by atoms with Crippen molar-refractivity contribution in [3.05, 3.63) is 23.3 Å². The molecule has 4 aliphatic rings. The zero-order chi connectivity index (χ0) is 20.6. The van der Waals surface area contributed by atoms with Crippen LogP contribution >= 0.6 is 0 Å². The van der Waals surface area contributed by atoms with Crippen LogP contribution in [0.2, 0.25) is 0 Å². The maximum atomic E-state index is 11.7. The number of carboxylic acids is 1. The minimum Gasteiger partial charge on any atom is -0.504 e. The minimum absolute atomic E-state index is 0.110. The van der Waals surface area contributed by atoms with Gasteiger partial charge in [0.15, 0.2) is 11.5 Å². The first kappa shape index (κ1) is 19.2. The summed E-state index contributed by atoms with van der Waals surface area (Å²) in [5.74, 6) is -0.0922. The highest BCUT2D eigenvalue weighted by Crippen LogP contribution is 2.66. The maximum Gasteiger partial charge on any atom is 0.320 e. The summed E-state index contributed by atoms with van der Waals surface area (Å²) in [5.41, 5.74) is 1.53. The first-order valence-corrected chi connectivity index (χ1v) is 10.7. The van der Waals surface area contributed by atoms with E-state index < -0.39 is 17.6 Å². The van der Waals surface area contributed by atoms with Crippen LogP contribution in [0.1, 0.15) is 43.7 Å². The molecule has 7 heteroatoms. The number of nitrogens with one attached hydrogen (secondary N) is 1. The minimum atomic E-state index is -0.836. The van der Waals surface area contributed by atoms with Crippen molar-refractivity contribution < 1.29 is 24.5 Å². The molecule has 2 bridgehead atoms. The number of carbonyl (C=O) groups is 1. The fourth-order valence-electron chi connectivity index (χ4n) is 6.93. The summed E-state index contributed by atoms with van der Waals surface area (Å²) in [7, 11) is 3.97. The standard InChI is InChI=1S/C22H30N2O5/c1-4-13(20(26)27)23-14-7-8-22(28-3)16-11-12-5-6-15(25)18-17(12)21(22,19(14)29-18)9-10-24(16)2/h5-6,13-14,16,19,23,25H,4,7-11H2,1-3H3,(H,26,27)/t13-,14+,16+,19-,21-,22+/m0/s1. The Morgan fingerprint density at radius 1 is 1.45 bits per heavy atom. The molecule has 0 amide bonds. The molecular formula is C22H30N2O5. The molecule has 7 nitrogen and oxygen atoms in total. The Morgan fingerprint density at radius 3 is 2.93 bits per heavy atom. The van der Waals surface area contributed by atoms with Gasteiger partial charge in [0.25, 0.3) is 0 Å². The molecule has 158 valence electrons. The van der Waals surface area contributed by atoms with Crippen molar-refractivity contribution in [2.75, 3.05) is 20.7 Å². The molecule has 1 aromatic carbocycles. The Kier molecular flexibility index (Phi) is 4.18. The predicted octanol–water partition coefficient (Wildman–Crippen LogP) is 1.65. The average molecular weight is 402 g/mol. The number of likely N-dealkylation sites (tertiary alicyclic amines) is 1.